The highest BCUT2D eigenvalue weighted by molar-refractivity contribution is 6.30. The van der Waals surface area contributed by atoms with Crippen LogP contribution in [0.4, 0.5) is 5.82 Å². The predicted molar refractivity (Wildman–Crippen MR) is 133 cm³/mol. The molecule has 1 saturated carbocycles. The highest BCUT2D eigenvalue weighted by atomic mass is 35.5. The Balaban J connectivity index is 1.11. The van der Waals surface area contributed by atoms with Crippen LogP contribution in [-0.4, -0.2) is 103 Å². The van der Waals surface area contributed by atoms with Gasteiger partial charge in [0.2, 0.25) is 5.91 Å². The van der Waals surface area contributed by atoms with Gasteiger partial charge in [-0.3, -0.25) is 19.6 Å². The molecule has 2 saturated heterocycles. The Labute approximate surface area is 206 Å². The van der Waals surface area contributed by atoms with Gasteiger partial charge in [0.05, 0.1) is 31.7 Å². The molecule has 0 N–H and O–H groups in total. The van der Waals surface area contributed by atoms with Crippen molar-refractivity contribution >= 4 is 23.3 Å². The molecule has 34 heavy (non-hydrogen) atoms. The minimum absolute atomic E-state index is 0.265. The summed E-state index contributed by atoms with van der Waals surface area (Å²) in [5, 5.41) is 0.632. The zero-order valence-electron chi connectivity index (χ0n) is 19.8. The summed E-state index contributed by atoms with van der Waals surface area (Å²) in [7, 11) is 1.63. The average Bonchev–Trinajstić information content (AvgIpc) is 2.84. The summed E-state index contributed by atoms with van der Waals surface area (Å²) in [5.74, 6) is 1.83. The fraction of sp³-hybridized carbons (Fsp3) is 0.560. The van der Waals surface area contributed by atoms with Crippen LogP contribution in [0.15, 0.2) is 30.6 Å². The zero-order valence-corrected chi connectivity index (χ0v) is 20.6. The standard InChI is InChI=1S/C25H33ClN6O2/c1-34-23-6-5-19(26)15-21(23)22-16-28-24(17-27-22)31-9-7-29(8-10-31)18-25(33)32-13-11-30(12-14-32)20-3-2-4-20/h5-6,15-17,20H,2-4,7-14,18H2,1H3. The van der Waals surface area contributed by atoms with Gasteiger partial charge >= 0.3 is 0 Å². The number of carbonyl (C=O) groups is 1. The van der Waals surface area contributed by atoms with Gasteiger partial charge in [0.15, 0.2) is 0 Å². The fourth-order valence-corrected chi connectivity index (χ4v) is 5.19. The van der Waals surface area contributed by atoms with Crippen LogP contribution in [0.25, 0.3) is 11.3 Å². The van der Waals surface area contributed by atoms with Crippen LogP contribution in [0.5, 0.6) is 5.75 Å². The Hall–Kier alpha value is -2.42. The van der Waals surface area contributed by atoms with Gasteiger partial charge in [-0.15, -0.1) is 0 Å². The second-order valence-corrected chi connectivity index (χ2v) is 9.81. The zero-order chi connectivity index (χ0) is 23.5. The number of piperazine rings is 2. The lowest BCUT2D eigenvalue weighted by atomic mass is 9.91. The van der Waals surface area contributed by atoms with E-state index in [-0.39, 0.29) is 5.91 Å². The maximum absolute atomic E-state index is 12.8. The molecule has 1 aromatic heterocycles. The highest BCUT2D eigenvalue weighted by Crippen LogP contribution is 2.31. The fourth-order valence-electron chi connectivity index (χ4n) is 5.02. The number of halogens is 1. The quantitative estimate of drug-likeness (QED) is 0.624. The number of rotatable bonds is 6. The molecule has 3 aliphatic rings. The van der Waals surface area contributed by atoms with Crippen LogP contribution in [0.3, 0.4) is 0 Å². The van der Waals surface area contributed by atoms with Crippen molar-refractivity contribution in [3.63, 3.8) is 0 Å². The number of amides is 1. The lowest BCUT2D eigenvalue weighted by Gasteiger charge is -2.43. The van der Waals surface area contributed by atoms with Crippen molar-refractivity contribution < 1.29 is 9.53 Å². The Morgan fingerprint density at radius 3 is 2.41 bits per heavy atom. The van der Waals surface area contributed by atoms with Gasteiger partial charge in [0.1, 0.15) is 11.6 Å². The Morgan fingerprint density at radius 2 is 1.79 bits per heavy atom. The van der Waals surface area contributed by atoms with E-state index in [0.717, 1.165) is 75.5 Å². The third kappa shape index (κ3) is 5.14. The van der Waals surface area contributed by atoms with E-state index >= 15 is 0 Å². The van der Waals surface area contributed by atoms with Crippen molar-refractivity contribution in [3.05, 3.63) is 35.6 Å². The van der Waals surface area contributed by atoms with E-state index < -0.39 is 0 Å². The van der Waals surface area contributed by atoms with Gasteiger partial charge in [-0.05, 0) is 31.0 Å². The Bertz CT molecular complexity index is 983. The summed E-state index contributed by atoms with van der Waals surface area (Å²) < 4.78 is 5.44. The van der Waals surface area contributed by atoms with Crippen LogP contribution in [0, 0.1) is 0 Å². The Morgan fingerprint density at radius 1 is 1.03 bits per heavy atom. The number of hydrogen-bond donors (Lipinski definition) is 0. The van der Waals surface area contributed by atoms with Crippen LogP contribution >= 0.6 is 11.6 Å². The average molecular weight is 485 g/mol. The van der Waals surface area contributed by atoms with E-state index in [2.05, 4.69) is 29.6 Å². The van der Waals surface area contributed by atoms with Crippen LogP contribution in [0.1, 0.15) is 19.3 Å². The normalized spacial score (nSPS) is 20.3. The Kier molecular flexibility index (Phi) is 7.18. The highest BCUT2D eigenvalue weighted by Gasteiger charge is 2.30. The molecule has 5 rings (SSSR count). The first kappa shape index (κ1) is 23.3. The molecule has 9 heteroatoms. The summed E-state index contributed by atoms with van der Waals surface area (Å²) in [6.45, 7) is 7.66. The van der Waals surface area contributed by atoms with Crippen LogP contribution < -0.4 is 9.64 Å². The molecule has 1 amide bonds. The largest absolute Gasteiger partial charge is 0.496 e. The summed E-state index contributed by atoms with van der Waals surface area (Å²) >= 11 is 6.16. The van der Waals surface area contributed by atoms with E-state index in [1.165, 1.54) is 19.3 Å². The second kappa shape index (κ2) is 10.5. The van der Waals surface area contributed by atoms with Gasteiger partial charge < -0.3 is 14.5 Å². The number of hydrogen-bond acceptors (Lipinski definition) is 7. The molecule has 0 spiro atoms. The number of aromatic nitrogens is 2. The molecule has 182 valence electrons. The van der Waals surface area contributed by atoms with Gasteiger partial charge in [0.25, 0.3) is 0 Å². The summed E-state index contributed by atoms with van der Waals surface area (Å²) in [4.78, 5) is 31.2. The monoisotopic (exact) mass is 484 g/mol. The third-order valence-electron chi connectivity index (χ3n) is 7.39. The molecule has 3 fully saturated rings. The maximum Gasteiger partial charge on any atom is 0.236 e. The number of anilines is 1. The van der Waals surface area contributed by atoms with Crippen molar-refractivity contribution in [1.29, 1.82) is 0 Å². The molecule has 2 aliphatic heterocycles. The van der Waals surface area contributed by atoms with Crippen molar-refractivity contribution in [1.82, 2.24) is 24.7 Å². The molecule has 2 aromatic rings. The molecule has 3 heterocycles. The number of methoxy groups -OCH3 is 1. The summed E-state index contributed by atoms with van der Waals surface area (Å²) in [6, 6.07) is 6.25. The van der Waals surface area contributed by atoms with Crippen molar-refractivity contribution in [2.45, 2.75) is 25.3 Å². The van der Waals surface area contributed by atoms with Crippen molar-refractivity contribution in [3.8, 4) is 17.0 Å². The van der Waals surface area contributed by atoms with Gasteiger partial charge in [-0.25, -0.2) is 4.98 Å². The molecule has 0 unspecified atom stereocenters. The molecule has 1 aromatic carbocycles. The third-order valence-corrected chi connectivity index (χ3v) is 7.62. The molecular formula is C25H33ClN6O2. The first-order valence-corrected chi connectivity index (χ1v) is 12.6. The van der Waals surface area contributed by atoms with Crippen LogP contribution in [0.2, 0.25) is 5.02 Å². The van der Waals surface area contributed by atoms with E-state index in [4.69, 9.17) is 16.3 Å². The number of nitrogens with zero attached hydrogens (tertiary/aromatic N) is 6. The smallest absolute Gasteiger partial charge is 0.236 e. The van der Waals surface area contributed by atoms with Gasteiger partial charge in [-0.2, -0.15) is 0 Å². The minimum Gasteiger partial charge on any atom is -0.496 e. The SMILES string of the molecule is COc1ccc(Cl)cc1-c1cnc(N2CCN(CC(=O)N3CCN(C4CCC4)CC3)CC2)cn1. The number of ether oxygens (including phenoxy) is 1. The molecule has 0 radical (unpaired) electrons. The lowest BCUT2D eigenvalue weighted by Crippen LogP contribution is -2.56. The van der Waals surface area contributed by atoms with Gasteiger partial charge in [-0.1, -0.05) is 18.0 Å². The first-order valence-electron chi connectivity index (χ1n) is 12.3. The topological polar surface area (TPSA) is 65.0 Å². The minimum atomic E-state index is 0.265. The summed E-state index contributed by atoms with van der Waals surface area (Å²) in [5.41, 5.74) is 1.55. The summed E-state index contributed by atoms with van der Waals surface area (Å²) in [6.07, 6.45) is 7.60. The van der Waals surface area contributed by atoms with Crippen LogP contribution in [-0.2, 0) is 4.79 Å². The maximum atomic E-state index is 12.8. The molecule has 0 bridgehead atoms. The molecule has 8 nitrogen and oxygen atoms in total. The van der Waals surface area contributed by atoms with Crippen molar-refractivity contribution in [2.24, 2.45) is 0 Å². The van der Waals surface area contributed by atoms with E-state index in [1.54, 1.807) is 25.6 Å². The van der Waals surface area contributed by atoms with E-state index in [9.17, 15) is 4.79 Å². The van der Waals surface area contributed by atoms with Crippen molar-refractivity contribution in [2.75, 3.05) is 70.9 Å². The van der Waals surface area contributed by atoms with E-state index in [1.807, 2.05) is 12.1 Å². The molecule has 0 atom stereocenters. The number of benzene rings is 1. The molecule has 1 aliphatic carbocycles. The lowest BCUT2D eigenvalue weighted by molar-refractivity contribution is -0.134. The van der Waals surface area contributed by atoms with Gasteiger partial charge in [0, 0.05) is 69.0 Å². The van der Waals surface area contributed by atoms with E-state index in [0.29, 0.717) is 17.3 Å². The molecular weight excluding hydrogens is 452 g/mol. The predicted octanol–water partition coefficient (Wildman–Crippen LogP) is 2.62. The number of carbonyl (C=O) groups excluding carboxylic acids is 1. The second-order valence-electron chi connectivity index (χ2n) is 9.37. The first-order chi connectivity index (χ1) is 16.6.